The lowest BCUT2D eigenvalue weighted by molar-refractivity contribution is -0.0513. The van der Waals surface area contributed by atoms with Crippen LogP contribution in [0.3, 0.4) is 0 Å². The largest absolute Gasteiger partial charge is 0.429 e. The SMILES string of the molecule is C[C@@]1(O)CCC[C@H]1n1c(=O)c(OC(F)F)cc2cnc(NC3CCN(S(=O)(=O)c4ccc(F)c(F)c4F)CC3)nc21. The predicted octanol–water partition coefficient (Wildman–Crippen LogP) is 3.55. The Morgan fingerprint density at radius 2 is 1.85 bits per heavy atom. The van der Waals surface area contributed by atoms with Gasteiger partial charge in [-0.1, -0.05) is 0 Å². The maximum Gasteiger partial charge on any atom is 0.387 e. The Balaban J connectivity index is 1.39. The predicted molar refractivity (Wildman–Crippen MR) is 136 cm³/mol. The molecule has 3 heterocycles. The minimum Gasteiger partial charge on any atom is -0.429 e. The molecule has 0 unspecified atom stereocenters. The Morgan fingerprint density at radius 1 is 1.15 bits per heavy atom. The van der Waals surface area contributed by atoms with Gasteiger partial charge in [0, 0.05) is 30.7 Å². The molecule has 2 aromatic heterocycles. The lowest BCUT2D eigenvalue weighted by Gasteiger charge is -2.32. The standard InChI is InChI=1S/C25H26F5N5O5S/c1-25(37)8-2-3-18(25)35-21-13(11-16(22(35)36)40-23(29)30)12-31-24(33-21)32-14-6-9-34(10-7-14)41(38,39)17-5-4-15(26)19(27)20(17)28/h4-5,11-12,14,18,23,37H,2-3,6-10H2,1H3,(H,31,32,33)/t18-,25-/m1/s1. The van der Waals surface area contributed by atoms with Gasteiger partial charge >= 0.3 is 6.61 Å². The summed E-state index contributed by atoms with van der Waals surface area (Å²) in [6, 6.07) is 1.21. The molecule has 1 saturated carbocycles. The highest BCUT2D eigenvalue weighted by molar-refractivity contribution is 7.89. The number of hydrogen-bond donors (Lipinski definition) is 2. The lowest BCUT2D eigenvalue weighted by atomic mass is 10.00. The van der Waals surface area contributed by atoms with Crippen molar-refractivity contribution in [3.05, 3.63) is 52.2 Å². The number of aliphatic hydroxyl groups is 1. The lowest BCUT2D eigenvalue weighted by Crippen LogP contribution is -2.42. The Labute approximate surface area is 230 Å². The first kappa shape index (κ1) is 29.1. The molecule has 2 atom stereocenters. The summed E-state index contributed by atoms with van der Waals surface area (Å²) < 4.78 is 99.3. The number of alkyl halides is 2. The molecule has 2 N–H and O–H groups in total. The second-order valence-electron chi connectivity index (χ2n) is 10.3. The van der Waals surface area contributed by atoms with Crippen LogP contribution in [0.15, 0.2) is 34.1 Å². The summed E-state index contributed by atoms with van der Waals surface area (Å²) in [6.07, 6.45) is 3.14. The molecular weight excluding hydrogens is 577 g/mol. The van der Waals surface area contributed by atoms with Crippen molar-refractivity contribution in [2.45, 2.75) is 68.2 Å². The Kier molecular flexibility index (Phi) is 7.67. The van der Waals surface area contributed by atoms with Crippen LogP contribution in [0.2, 0.25) is 0 Å². The van der Waals surface area contributed by atoms with E-state index in [-0.39, 0.29) is 49.0 Å². The van der Waals surface area contributed by atoms with E-state index in [4.69, 9.17) is 0 Å². The average Bonchev–Trinajstić information content (AvgIpc) is 3.26. The molecule has 2 aliphatic rings. The van der Waals surface area contributed by atoms with E-state index in [1.807, 2.05) is 0 Å². The molecule has 16 heteroatoms. The highest BCUT2D eigenvalue weighted by Gasteiger charge is 2.40. The molecule has 5 rings (SSSR count). The first-order chi connectivity index (χ1) is 19.3. The number of ether oxygens (including phenoxy) is 1. The van der Waals surface area contributed by atoms with Crippen LogP contribution in [0.1, 0.15) is 45.1 Å². The van der Waals surface area contributed by atoms with Crippen LogP contribution in [0, 0.1) is 17.5 Å². The van der Waals surface area contributed by atoms with E-state index in [2.05, 4.69) is 20.0 Å². The number of rotatable bonds is 7. The number of piperidine rings is 1. The van der Waals surface area contributed by atoms with Crippen molar-refractivity contribution in [3.63, 3.8) is 0 Å². The second-order valence-corrected chi connectivity index (χ2v) is 12.2. The van der Waals surface area contributed by atoms with Crippen LogP contribution >= 0.6 is 0 Å². The molecule has 0 radical (unpaired) electrons. The number of aromatic nitrogens is 3. The highest BCUT2D eigenvalue weighted by Crippen LogP contribution is 2.40. The van der Waals surface area contributed by atoms with Crippen LogP contribution in [0.25, 0.3) is 11.0 Å². The topological polar surface area (TPSA) is 127 Å². The fraction of sp³-hybridized carbons (Fsp3) is 0.480. The Morgan fingerprint density at radius 3 is 2.49 bits per heavy atom. The number of fused-ring (bicyclic) bond motifs is 1. The number of benzene rings is 1. The normalized spacial score (nSPS) is 22.5. The third kappa shape index (κ3) is 5.47. The minimum absolute atomic E-state index is 0.0683. The maximum absolute atomic E-state index is 14.2. The summed E-state index contributed by atoms with van der Waals surface area (Å²) in [5, 5.41) is 14.2. The van der Waals surface area contributed by atoms with Gasteiger partial charge in [0.25, 0.3) is 5.56 Å². The number of hydrogen-bond acceptors (Lipinski definition) is 8. The Bertz CT molecular complexity index is 1640. The summed E-state index contributed by atoms with van der Waals surface area (Å²) in [5.74, 6) is -5.70. The number of halogens is 5. The molecular formula is C25H26F5N5O5S. The smallest absolute Gasteiger partial charge is 0.387 e. The number of pyridine rings is 1. The van der Waals surface area contributed by atoms with Gasteiger partial charge in [-0.25, -0.2) is 26.6 Å². The zero-order valence-corrected chi connectivity index (χ0v) is 22.5. The Hall–Kier alpha value is -3.37. The monoisotopic (exact) mass is 603 g/mol. The van der Waals surface area contributed by atoms with Gasteiger partial charge in [0.15, 0.2) is 23.2 Å². The molecule has 41 heavy (non-hydrogen) atoms. The van der Waals surface area contributed by atoms with Gasteiger partial charge in [-0.15, -0.1) is 0 Å². The van der Waals surface area contributed by atoms with Crippen molar-refractivity contribution in [3.8, 4) is 5.75 Å². The molecule has 1 aliphatic heterocycles. The van der Waals surface area contributed by atoms with Crippen LogP contribution in [-0.4, -0.2) is 63.7 Å². The summed E-state index contributed by atoms with van der Waals surface area (Å²) in [6.45, 7) is -1.84. The van der Waals surface area contributed by atoms with Gasteiger partial charge < -0.3 is 15.2 Å². The van der Waals surface area contributed by atoms with E-state index < -0.39 is 61.9 Å². The summed E-state index contributed by atoms with van der Waals surface area (Å²) in [4.78, 5) is 20.9. The minimum atomic E-state index is -4.44. The second kappa shape index (κ2) is 10.8. The van der Waals surface area contributed by atoms with Gasteiger partial charge in [0.2, 0.25) is 16.0 Å². The van der Waals surface area contributed by atoms with Crippen molar-refractivity contribution >= 4 is 27.0 Å². The number of nitrogens with zero attached hydrogens (tertiary/aromatic N) is 4. The van der Waals surface area contributed by atoms with E-state index >= 15 is 0 Å². The van der Waals surface area contributed by atoms with Crippen LogP contribution in [-0.2, 0) is 10.0 Å². The van der Waals surface area contributed by atoms with Crippen molar-refractivity contribution < 1.29 is 40.2 Å². The summed E-state index contributed by atoms with van der Waals surface area (Å²) in [7, 11) is -4.44. The van der Waals surface area contributed by atoms with Crippen molar-refractivity contribution in [2.75, 3.05) is 18.4 Å². The number of anilines is 1. The summed E-state index contributed by atoms with van der Waals surface area (Å²) in [5.41, 5.74) is -2.09. The average molecular weight is 604 g/mol. The van der Waals surface area contributed by atoms with E-state index in [0.717, 1.165) is 14.9 Å². The first-order valence-corrected chi connectivity index (χ1v) is 14.2. The van der Waals surface area contributed by atoms with Crippen molar-refractivity contribution in [1.29, 1.82) is 0 Å². The molecule has 0 spiro atoms. The highest BCUT2D eigenvalue weighted by atomic mass is 32.2. The van der Waals surface area contributed by atoms with Gasteiger partial charge in [-0.3, -0.25) is 9.36 Å². The van der Waals surface area contributed by atoms with Crippen LogP contribution in [0.4, 0.5) is 27.9 Å². The third-order valence-corrected chi connectivity index (χ3v) is 9.47. The van der Waals surface area contributed by atoms with Gasteiger partial charge in [-0.2, -0.15) is 18.1 Å². The maximum atomic E-state index is 14.2. The zero-order valence-electron chi connectivity index (χ0n) is 21.7. The molecule has 3 aromatic rings. The fourth-order valence-electron chi connectivity index (χ4n) is 5.44. The molecule has 1 aliphatic carbocycles. The first-order valence-electron chi connectivity index (χ1n) is 12.8. The van der Waals surface area contributed by atoms with Gasteiger partial charge in [0.1, 0.15) is 10.5 Å². The zero-order chi connectivity index (χ0) is 29.7. The molecule has 1 aromatic carbocycles. The molecule has 222 valence electrons. The summed E-state index contributed by atoms with van der Waals surface area (Å²) >= 11 is 0. The fourth-order valence-corrected chi connectivity index (χ4v) is 6.97. The quantitative estimate of drug-likeness (QED) is 0.310. The molecule has 2 fully saturated rings. The van der Waals surface area contributed by atoms with E-state index in [0.29, 0.717) is 31.4 Å². The molecule has 10 nitrogen and oxygen atoms in total. The van der Waals surface area contributed by atoms with Crippen molar-refractivity contribution in [1.82, 2.24) is 18.8 Å². The van der Waals surface area contributed by atoms with E-state index in [9.17, 15) is 40.3 Å². The van der Waals surface area contributed by atoms with Gasteiger partial charge in [0.05, 0.1) is 11.6 Å². The number of sulfonamides is 1. The number of nitrogens with one attached hydrogen (secondary N) is 1. The van der Waals surface area contributed by atoms with Crippen LogP contribution < -0.4 is 15.6 Å². The van der Waals surface area contributed by atoms with E-state index in [1.54, 1.807) is 6.92 Å². The molecule has 0 amide bonds. The van der Waals surface area contributed by atoms with E-state index in [1.165, 1.54) is 6.20 Å². The molecule has 1 saturated heterocycles. The third-order valence-electron chi connectivity index (χ3n) is 7.55. The molecule has 0 bridgehead atoms. The van der Waals surface area contributed by atoms with Crippen LogP contribution in [0.5, 0.6) is 5.75 Å². The van der Waals surface area contributed by atoms with Crippen molar-refractivity contribution in [2.24, 2.45) is 0 Å². The van der Waals surface area contributed by atoms with Gasteiger partial charge in [-0.05, 0) is 57.2 Å².